The molecule has 0 spiro atoms. The smallest absolute Gasteiger partial charge is 0.552 e. The van der Waals surface area contributed by atoms with Gasteiger partial charge in [0.15, 0.2) is 0 Å². The Labute approximate surface area is 75.7 Å². The molecule has 0 aliphatic rings. The predicted octanol–water partition coefficient (Wildman–Crippen LogP) is -4.22. The molecule has 0 radical (unpaired) electrons. The average Bonchev–Trinajstić information content (AvgIpc) is 1.64. The normalized spacial score (nSPS) is 11.3. The number of Topliss-reactive ketones (excluding diaryl/α,β-unsaturated/α-hetero) is 1. The van der Waals surface area contributed by atoms with Crippen LogP contribution in [0.3, 0.4) is 0 Å². The first-order valence-corrected chi connectivity index (χ1v) is 2.10. The molecule has 0 aromatic rings. The minimum Gasteiger partial charge on any atom is -0.552 e. The molecular weight excluding hydrogens is 131 g/mol. The van der Waals surface area contributed by atoms with Crippen molar-refractivity contribution in [2.24, 2.45) is 5.92 Å². The van der Waals surface area contributed by atoms with E-state index in [1.54, 1.807) is 0 Å². The van der Waals surface area contributed by atoms with Crippen LogP contribution in [0.2, 0.25) is 0 Å². The molecular formula is C5H6NaO3-. The summed E-state index contributed by atoms with van der Waals surface area (Å²) in [6.45, 7) is 4.19. The number of hydrogen-bond donors (Lipinski definition) is 0. The number of carbonyl (C=O) groups is 2. The van der Waals surface area contributed by atoms with E-state index in [9.17, 15) is 14.7 Å². The van der Waals surface area contributed by atoms with Crippen LogP contribution in [-0.4, -0.2) is 11.8 Å². The fourth-order valence-electron chi connectivity index (χ4n) is 0.166. The van der Waals surface area contributed by atoms with Crippen LogP contribution in [0.1, 0.15) is 6.92 Å². The maximum absolute atomic E-state index is 10.1. The maximum Gasteiger partial charge on any atom is 1.00 e. The van der Waals surface area contributed by atoms with Crippen molar-refractivity contribution in [1.82, 2.24) is 0 Å². The Bertz CT molecular complexity index is 107. The van der Waals surface area contributed by atoms with Gasteiger partial charge in [-0.2, -0.15) is 0 Å². The van der Waals surface area contributed by atoms with Gasteiger partial charge in [0.05, 0.1) is 0 Å². The number of rotatable bonds is 2. The molecule has 0 N–H and O–H groups in total. The topological polar surface area (TPSA) is 57.2 Å². The van der Waals surface area contributed by atoms with Crippen LogP contribution in [-0.2, 0) is 9.59 Å². The van der Waals surface area contributed by atoms with Crippen LogP contribution in [0.25, 0.3) is 0 Å². The van der Waals surface area contributed by atoms with E-state index in [1.165, 1.54) is 0 Å². The number of aliphatic carboxylic acids is 1. The second-order valence-electron chi connectivity index (χ2n) is 1.48. The largest absolute Gasteiger partial charge is 1.00 e. The number of carbonyl (C=O) groups excluding carboxylic acids is 2. The first kappa shape index (κ1) is 11.9. The van der Waals surface area contributed by atoms with Crippen LogP contribution in [0.5, 0.6) is 0 Å². The predicted molar refractivity (Wildman–Crippen MR) is 24.5 cm³/mol. The van der Waals surface area contributed by atoms with Crippen molar-refractivity contribution in [2.45, 2.75) is 6.92 Å². The van der Waals surface area contributed by atoms with E-state index in [4.69, 9.17) is 0 Å². The first-order valence-electron chi connectivity index (χ1n) is 2.10. The van der Waals surface area contributed by atoms with Crippen molar-refractivity contribution in [1.29, 1.82) is 0 Å². The molecule has 1 atom stereocenters. The third kappa shape index (κ3) is 4.63. The fraction of sp³-hybridized carbons (Fsp3) is 0.400. The van der Waals surface area contributed by atoms with Gasteiger partial charge in [-0.1, -0.05) is 5.92 Å². The van der Waals surface area contributed by atoms with Gasteiger partial charge in [0.2, 0.25) is 0 Å². The van der Waals surface area contributed by atoms with Crippen molar-refractivity contribution in [3.8, 4) is 0 Å². The molecule has 9 heavy (non-hydrogen) atoms. The van der Waals surface area contributed by atoms with Gasteiger partial charge in [0.1, 0.15) is 5.78 Å². The van der Waals surface area contributed by atoms with Crippen LogP contribution in [0.4, 0.5) is 0 Å². The zero-order valence-electron chi connectivity index (χ0n) is 5.51. The fourth-order valence-corrected chi connectivity index (χ4v) is 0.166. The molecule has 0 saturated heterocycles. The van der Waals surface area contributed by atoms with E-state index in [1.807, 2.05) is 0 Å². The van der Waals surface area contributed by atoms with Crippen molar-refractivity contribution >= 4 is 11.8 Å². The third-order valence-electron chi connectivity index (χ3n) is 0.775. The van der Waals surface area contributed by atoms with Gasteiger partial charge in [-0.15, -0.1) is 0 Å². The zero-order chi connectivity index (χ0) is 6.73. The summed E-state index contributed by atoms with van der Waals surface area (Å²) in [5, 5.41) is 9.75. The van der Waals surface area contributed by atoms with Crippen molar-refractivity contribution in [3.63, 3.8) is 0 Å². The first-order chi connectivity index (χ1) is 3.55. The van der Waals surface area contributed by atoms with E-state index in [0.29, 0.717) is 0 Å². The molecule has 0 aromatic heterocycles. The Morgan fingerprint density at radius 3 is 1.89 bits per heavy atom. The summed E-state index contributed by atoms with van der Waals surface area (Å²) < 4.78 is 0. The van der Waals surface area contributed by atoms with E-state index in [2.05, 4.69) is 6.92 Å². The van der Waals surface area contributed by atoms with Crippen LogP contribution >= 0.6 is 0 Å². The number of ketones is 1. The summed E-state index contributed by atoms with van der Waals surface area (Å²) >= 11 is 0. The molecule has 1 unspecified atom stereocenters. The maximum atomic E-state index is 10.1. The second kappa shape index (κ2) is 4.97. The summed E-state index contributed by atoms with van der Waals surface area (Å²) in [7, 11) is 0. The molecule has 0 saturated carbocycles. The van der Waals surface area contributed by atoms with Crippen molar-refractivity contribution in [3.05, 3.63) is 6.92 Å². The SMILES string of the molecule is [CH2-]C(C(C)=O)C(=O)[O-].[Na+]. The number of carboxylic acid groups (broad SMARTS) is 1. The van der Waals surface area contributed by atoms with Crippen LogP contribution < -0.4 is 34.7 Å². The molecule has 0 heterocycles. The Balaban J connectivity index is 0. The summed E-state index contributed by atoms with van der Waals surface area (Å²) in [6, 6.07) is 0. The number of carboxylic acids is 1. The molecule has 0 fully saturated rings. The summed E-state index contributed by atoms with van der Waals surface area (Å²) in [5.74, 6) is -3.11. The standard InChI is InChI=1S/C5H7O3.Na/c1-3(4(2)6)5(7)8;/h3H,1H2,2H3,(H,7,8);/q-1;+1/p-1. The zero-order valence-corrected chi connectivity index (χ0v) is 7.51. The molecule has 0 bridgehead atoms. The Hall–Kier alpha value is 0.140. The van der Waals surface area contributed by atoms with Gasteiger partial charge in [0, 0.05) is 5.97 Å². The van der Waals surface area contributed by atoms with Gasteiger partial charge >= 0.3 is 29.6 Å². The monoisotopic (exact) mass is 137 g/mol. The van der Waals surface area contributed by atoms with Gasteiger partial charge in [0.25, 0.3) is 0 Å². The minimum absolute atomic E-state index is 0. The second-order valence-corrected chi connectivity index (χ2v) is 1.48. The summed E-state index contributed by atoms with van der Waals surface area (Å²) in [4.78, 5) is 19.8. The number of hydrogen-bond acceptors (Lipinski definition) is 3. The Morgan fingerprint density at radius 1 is 1.56 bits per heavy atom. The van der Waals surface area contributed by atoms with Crippen molar-refractivity contribution < 1.29 is 44.3 Å². The molecule has 0 aliphatic heterocycles. The molecule has 0 amide bonds. The van der Waals surface area contributed by atoms with E-state index in [0.717, 1.165) is 6.92 Å². The average molecular weight is 137 g/mol. The quantitative estimate of drug-likeness (QED) is 0.220. The van der Waals surface area contributed by atoms with Crippen molar-refractivity contribution in [2.75, 3.05) is 0 Å². The minimum atomic E-state index is -1.42. The summed E-state index contributed by atoms with van der Waals surface area (Å²) in [5.41, 5.74) is 0. The van der Waals surface area contributed by atoms with Crippen LogP contribution in [0.15, 0.2) is 0 Å². The Morgan fingerprint density at radius 2 is 1.89 bits per heavy atom. The van der Waals surface area contributed by atoms with Gasteiger partial charge in [-0.05, 0) is 6.92 Å². The van der Waals surface area contributed by atoms with Gasteiger partial charge in [-0.3, -0.25) is 0 Å². The molecule has 3 nitrogen and oxygen atoms in total. The molecule has 0 aliphatic carbocycles. The summed E-state index contributed by atoms with van der Waals surface area (Å²) in [6.07, 6.45) is 0. The molecule has 4 heteroatoms. The molecule has 0 rings (SSSR count). The van der Waals surface area contributed by atoms with Gasteiger partial charge in [-0.25, -0.2) is 0 Å². The molecule has 46 valence electrons. The molecule has 0 aromatic carbocycles. The van der Waals surface area contributed by atoms with E-state index >= 15 is 0 Å². The van der Waals surface area contributed by atoms with Crippen LogP contribution in [0, 0.1) is 12.8 Å². The van der Waals surface area contributed by atoms with Gasteiger partial charge < -0.3 is 21.6 Å². The Kier molecular flexibility index (Phi) is 6.56. The van der Waals surface area contributed by atoms with E-state index in [-0.39, 0.29) is 29.6 Å². The van der Waals surface area contributed by atoms with E-state index < -0.39 is 17.7 Å². The third-order valence-corrected chi connectivity index (χ3v) is 0.775.